The fraction of sp³-hybridized carbons (Fsp3) is 0.857. The average molecular weight is 433 g/mol. The molecule has 0 heterocycles. The highest BCUT2D eigenvalue weighted by Gasteiger charge is 2.55. The predicted octanol–water partition coefficient (Wildman–Crippen LogP) is 4.81. The highest BCUT2D eigenvalue weighted by Crippen LogP contribution is 2.59. The van der Waals surface area contributed by atoms with E-state index < -0.39 is 15.6 Å². The summed E-state index contributed by atoms with van der Waals surface area (Å²) in [5, 5.41) is 0. The van der Waals surface area contributed by atoms with E-state index in [1.807, 2.05) is 0 Å². The molecule has 29 heavy (non-hydrogen) atoms. The molecular formula is C21H27F3O4S. The van der Waals surface area contributed by atoms with E-state index in [2.05, 4.69) is 4.18 Å². The van der Waals surface area contributed by atoms with Gasteiger partial charge in [0.2, 0.25) is 0 Å². The molecule has 0 radical (unpaired) electrons. The van der Waals surface area contributed by atoms with E-state index in [0.29, 0.717) is 23.5 Å². The summed E-state index contributed by atoms with van der Waals surface area (Å²) in [7, 11) is -5.50. The Morgan fingerprint density at radius 2 is 1.52 bits per heavy atom. The molecular weight excluding hydrogens is 405 g/mol. The van der Waals surface area contributed by atoms with Crippen LogP contribution in [0.4, 0.5) is 13.2 Å². The van der Waals surface area contributed by atoms with Gasteiger partial charge in [0.05, 0.1) is 0 Å². The van der Waals surface area contributed by atoms with Crippen LogP contribution in [-0.2, 0) is 19.1 Å². The van der Waals surface area contributed by atoms with Gasteiger partial charge in [0, 0.05) is 18.3 Å². The molecule has 8 heteroatoms. The van der Waals surface area contributed by atoms with Crippen molar-refractivity contribution in [3.63, 3.8) is 0 Å². The smallest absolute Gasteiger partial charge is 0.381 e. The molecule has 0 amide bonds. The van der Waals surface area contributed by atoms with Gasteiger partial charge in [-0.25, -0.2) is 0 Å². The van der Waals surface area contributed by atoms with Crippen LogP contribution >= 0.6 is 0 Å². The van der Waals surface area contributed by atoms with Gasteiger partial charge in [-0.1, -0.05) is 12.8 Å². The van der Waals surface area contributed by atoms with Crippen LogP contribution < -0.4 is 0 Å². The van der Waals surface area contributed by atoms with Crippen molar-refractivity contribution in [3.05, 3.63) is 11.8 Å². The van der Waals surface area contributed by atoms with Crippen LogP contribution in [0.15, 0.2) is 11.8 Å². The zero-order valence-corrected chi connectivity index (χ0v) is 17.1. The number of hydrogen-bond donors (Lipinski definition) is 0. The van der Waals surface area contributed by atoms with E-state index in [9.17, 15) is 26.4 Å². The molecule has 0 saturated heterocycles. The molecule has 4 unspecified atom stereocenters. The molecule has 6 rings (SSSR count). The lowest BCUT2D eigenvalue weighted by Gasteiger charge is -2.24. The molecule has 8 atom stereocenters. The number of carbonyl (C=O) groups is 1. The highest BCUT2D eigenvalue weighted by molar-refractivity contribution is 7.87. The summed E-state index contributed by atoms with van der Waals surface area (Å²) in [6.45, 7) is 0. The monoisotopic (exact) mass is 432 g/mol. The molecule has 5 fully saturated rings. The van der Waals surface area contributed by atoms with Crippen molar-refractivity contribution in [1.29, 1.82) is 0 Å². The van der Waals surface area contributed by atoms with E-state index in [1.54, 1.807) is 6.08 Å². The van der Waals surface area contributed by atoms with Crippen LogP contribution in [0.1, 0.15) is 57.8 Å². The van der Waals surface area contributed by atoms with E-state index in [1.165, 1.54) is 25.7 Å². The lowest BCUT2D eigenvalue weighted by atomic mass is 9.81. The normalized spacial score (nSPS) is 44.4. The quantitative estimate of drug-likeness (QED) is 0.464. The van der Waals surface area contributed by atoms with Gasteiger partial charge in [-0.15, -0.1) is 0 Å². The first-order chi connectivity index (χ1) is 13.7. The fourth-order valence-electron chi connectivity index (χ4n) is 7.60. The molecule has 0 aromatic rings. The maximum atomic E-state index is 12.3. The zero-order chi connectivity index (χ0) is 20.6. The van der Waals surface area contributed by atoms with Gasteiger partial charge in [-0.3, -0.25) is 4.79 Å². The third-order valence-electron chi connectivity index (χ3n) is 8.63. The van der Waals surface area contributed by atoms with Crippen molar-refractivity contribution >= 4 is 15.9 Å². The predicted molar refractivity (Wildman–Crippen MR) is 98.6 cm³/mol. The Labute approximate surface area is 169 Å². The molecule has 4 bridgehead atoms. The average Bonchev–Trinajstić information content (AvgIpc) is 3.41. The number of fused-ring (bicyclic) bond motifs is 10. The lowest BCUT2D eigenvalue weighted by Crippen LogP contribution is -2.28. The van der Waals surface area contributed by atoms with Crippen LogP contribution in [-0.4, -0.2) is 19.7 Å². The summed E-state index contributed by atoms with van der Waals surface area (Å²) in [4.78, 5) is 11.4. The first-order valence-electron chi connectivity index (χ1n) is 10.9. The van der Waals surface area contributed by atoms with Gasteiger partial charge in [-0.2, -0.15) is 21.6 Å². The van der Waals surface area contributed by atoms with Crippen molar-refractivity contribution in [2.24, 2.45) is 47.3 Å². The third-order valence-corrected chi connectivity index (χ3v) is 9.61. The fourth-order valence-corrected chi connectivity index (χ4v) is 8.13. The highest BCUT2D eigenvalue weighted by atomic mass is 32.2. The Hall–Kier alpha value is -1.05. The van der Waals surface area contributed by atoms with Gasteiger partial charge >= 0.3 is 15.6 Å². The van der Waals surface area contributed by atoms with E-state index >= 15 is 0 Å². The van der Waals surface area contributed by atoms with Crippen LogP contribution in [0.25, 0.3) is 0 Å². The largest absolute Gasteiger partial charge is 0.534 e. The molecule has 162 valence electrons. The number of allylic oxidation sites excluding steroid dienone is 2. The topological polar surface area (TPSA) is 60.4 Å². The summed E-state index contributed by atoms with van der Waals surface area (Å²) in [6.07, 6.45) is 11.9. The Morgan fingerprint density at radius 1 is 0.897 bits per heavy atom. The molecule has 6 aliphatic carbocycles. The van der Waals surface area contributed by atoms with Crippen LogP contribution in [0.5, 0.6) is 0 Å². The summed E-state index contributed by atoms with van der Waals surface area (Å²) in [5.74, 6) is 4.69. The van der Waals surface area contributed by atoms with Crippen molar-refractivity contribution < 1.29 is 30.6 Å². The van der Waals surface area contributed by atoms with Crippen molar-refractivity contribution in [3.8, 4) is 0 Å². The summed E-state index contributed by atoms with van der Waals surface area (Å²) < 4.78 is 63.1. The van der Waals surface area contributed by atoms with Gasteiger partial charge in [0.25, 0.3) is 0 Å². The maximum Gasteiger partial charge on any atom is 0.534 e. The number of ketones is 1. The van der Waals surface area contributed by atoms with Gasteiger partial charge in [-0.05, 0) is 80.1 Å². The number of carbonyl (C=O) groups excluding carboxylic acids is 1. The van der Waals surface area contributed by atoms with E-state index in [4.69, 9.17) is 0 Å². The van der Waals surface area contributed by atoms with E-state index in [-0.39, 0.29) is 17.6 Å². The van der Waals surface area contributed by atoms with Crippen LogP contribution in [0.2, 0.25) is 0 Å². The first-order valence-corrected chi connectivity index (χ1v) is 12.3. The Bertz CT molecular complexity index is 833. The second kappa shape index (κ2) is 6.72. The van der Waals surface area contributed by atoms with E-state index in [0.717, 1.165) is 49.9 Å². The first kappa shape index (κ1) is 19.9. The summed E-state index contributed by atoms with van der Waals surface area (Å²) in [6, 6.07) is 0. The number of rotatable bonds is 2. The SMILES string of the molecule is O=C1C[C@H]2C[C@@H]1C1CCCC12.O=S(=O)(OC1=C[C@H]2C[C@@H]1C1CCCC12)C(F)(F)F. The minimum atomic E-state index is -5.50. The van der Waals surface area contributed by atoms with Gasteiger partial charge in [0.15, 0.2) is 0 Å². The molecule has 0 aliphatic heterocycles. The summed E-state index contributed by atoms with van der Waals surface area (Å²) in [5.41, 5.74) is -5.34. The standard InChI is InChI=1S/C11H13F3O3S.C10H14O/c12-11(13,14)18(15,16)17-10-5-6-4-9(10)8-3-1-2-7(6)8;11-10-5-6-4-9(10)8-3-1-2-7(6)8/h5-9H,1-4H2;6-9H,1-5H2/t2*6-,7?,8?,9-/m11/s1. The molecule has 5 saturated carbocycles. The lowest BCUT2D eigenvalue weighted by molar-refractivity contribution is -0.123. The molecule has 0 aromatic heterocycles. The summed E-state index contributed by atoms with van der Waals surface area (Å²) >= 11 is 0. The second-order valence-electron chi connectivity index (χ2n) is 9.85. The number of alkyl halides is 3. The Kier molecular flexibility index (Phi) is 4.61. The Morgan fingerprint density at radius 3 is 2.21 bits per heavy atom. The molecule has 0 spiro atoms. The minimum Gasteiger partial charge on any atom is -0.381 e. The van der Waals surface area contributed by atoms with Gasteiger partial charge < -0.3 is 4.18 Å². The van der Waals surface area contributed by atoms with Gasteiger partial charge in [0.1, 0.15) is 11.5 Å². The molecule has 6 aliphatic rings. The third kappa shape index (κ3) is 3.15. The van der Waals surface area contributed by atoms with Crippen molar-refractivity contribution in [1.82, 2.24) is 0 Å². The second-order valence-corrected chi connectivity index (χ2v) is 11.4. The molecule has 4 nitrogen and oxygen atoms in total. The maximum absolute atomic E-state index is 12.3. The van der Waals surface area contributed by atoms with Crippen molar-refractivity contribution in [2.45, 2.75) is 63.3 Å². The minimum absolute atomic E-state index is 0.0282. The molecule has 0 aromatic carbocycles. The number of hydrogen-bond acceptors (Lipinski definition) is 4. The number of halogens is 3. The number of Topliss-reactive ketones (excluding diaryl/α,β-unsaturated/α-hetero) is 1. The van der Waals surface area contributed by atoms with Crippen molar-refractivity contribution in [2.75, 3.05) is 0 Å². The van der Waals surface area contributed by atoms with Crippen LogP contribution in [0, 0.1) is 47.3 Å². The van der Waals surface area contributed by atoms with Crippen LogP contribution in [0.3, 0.4) is 0 Å². The zero-order valence-electron chi connectivity index (χ0n) is 16.2. The molecule has 0 N–H and O–H groups in total. The Balaban J connectivity index is 0.000000140.